The normalized spacial score (nSPS) is 10.2. The van der Waals surface area contributed by atoms with Crippen molar-refractivity contribution in [2.75, 3.05) is 5.73 Å². The maximum absolute atomic E-state index is 10.8. The number of amides is 1. The fourth-order valence-electron chi connectivity index (χ4n) is 1.12. The number of anilines is 1. The SMILES string of the molecule is CCCCc1[nH]nc(C(N)=O)c1N. The number of hydrogen-bond donors (Lipinski definition) is 3. The minimum absolute atomic E-state index is 0.145. The van der Waals surface area contributed by atoms with Crippen molar-refractivity contribution in [3.8, 4) is 0 Å². The number of rotatable bonds is 4. The number of aryl methyl sites for hydroxylation is 1. The van der Waals surface area contributed by atoms with E-state index < -0.39 is 5.91 Å². The Morgan fingerprint density at radius 2 is 2.31 bits per heavy atom. The summed E-state index contributed by atoms with van der Waals surface area (Å²) in [6.07, 6.45) is 2.90. The first-order valence-corrected chi connectivity index (χ1v) is 4.29. The number of nitrogens with two attached hydrogens (primary N) is 2. The predicted octanol–water partition coefficient (Wildman–Crippen LogP) is 0.433. The van der Waals surface area contributed by atoms with Crippen molar-refractivity contribution in [2.24, 2.45) is 5.73 Å². The van der Waals surface area contributed by atoms with Gasteiger partial charge in [0.25, 0.3) is 5.91 Å². The standard InChI is InChI=1S/C8H14N4O/c1-2-3-4-5-6(9)7(8(10)13)12-11-5/h2-4,9H2,1H3,(H2,10,13)(H,11,12). The Labute approximate surface area is 76.5 Å². The van der Waals surface area contributed by atoms with Gasteiger partial charge in [-0.1, -0.05) is 13.3 Å². The molecule has 0 aromatic carbocycles. The zero-order valence-corrected chi connectivity index (χ0v) is 7.63. The van der Waals surface area contributed by atoms with Gasteiger partial charge in [-0.2, -0.15) is 5.10 Å². The van der Waals surface area contributed by atoms with Crippen LogP contribution in [0.2, 0.25) is 0 Å². The number of primary amides is 1. The van der Waals surface area contributed by atoms with Crippen LogP contribution in [0.3, 0.4) is 0 Å². The van der Waals surface area contributed by atoms with Gasteiger partial charge >= 0.3 is 0 Å². The second-order valence-corrected chi connectivity index (χ2v) is 2.93. The third-order valence-electron chi connectivity index (χ3n) is 1.90. The van der Waals surface area contributed by atoms with E-state index >= 15 is 0 Å². The first-order valence-electron chi connectivity index (χ1n) is 4.29. The molecule has 0 fully saturated rings. The number of nitrogens with one attached hydrogen (secondary N) is 1. The number of nitrogen functional groups attached to an aromatic ring is 1. The summed E-state index contributed by atoms with van der Waals surface area (Å²) < 4.78 is 0. The van der Waals surface area contributed by atoms with Gasteiger partial charge in [-0.05, 0) is 12.8 Å². The second-order valence-electron chi connectivity index (χ2n) is 2.93. The molecule has 0 saturated carbocycles. The topological polar surface area (TPSA) is 97.8 Å². The van der Waals surface area contributed by atoms with Gasteiger partial charge in [0.15, 0.2) is 5.69 Å². The molecule has 1 heterocycles. The highest BCUT2D eigenvalue weighted by atomic mass is 16.1. The molecule has 0 aliphatic rings. The van der Waals surface area contributed by atoms with Gasteiger partial charge in [0.2, 0.25) is 0 Å². The Morgan fingerprint density at radius 3 is 2.77 bits per heavy atom. The predicted molar refractivity (Wildman–Crippen MR) is 50.1 cm³/mol. The lowest BCUT2D eigenvalue weighted by atomic mass is 10.1. The van der Waals surface area contributed by atoms with Crippen molar-refractivity contribution >= 4 is 11.6 Å². The lowest BCUT2D eigenvalue weighted by Crippen LogP contribution is -2.13. The van der Waals surface area contributed by atoms with E-state index in [9.17, 15) is 4.79 Å². The van der Waals surface area contributed by atoms with Gasteiger partial charge in [0.1, 0.15) is 0 Å². The molecule has 5 N–H and O–H groups in total. The molecule has 1 aromatic rings. The molecule has 5 heteroatoms. The molecule has 0 radical (unpaired) electrons. The summed E-state index contributed by atoms with van der Waals surface area (Å²) in [5, 5.41) is 6.46. The number of aromatic amines is 1. The van der Waals surface area contributed by atoms with E-state index in [1.54, 1.807) is 0 Å². The molecule has 0 saturated heterocycles. The van der Waals surface area contributed by atoms with Crippen LogP contribution in [0.4, 0.5) is 5.69 Å². The largest absolute Gasteiger partial charge is 0.395 e. The molecule has 0 spiro atoms. The number of unbranched alkanes of at least 4 members (excludes halogenated alkanes) is 1. The fourth-order valence-corrected chi connectivity index (χ4v) is 1.12. The quantitative estimate of drug-likeness (QED) is 0.629. The van der Waals surface area contributed by atoms with Gasteiger partial charge in [0, 0.05) is 0 Å². The van der Waals surface area contributed by atoms with Crippen molar-refractivity contribution < 1.29 is 4.79 Å². The van der Waals surface area contributed by atoms with E-state index in [-0.39, 0.29) is 5.69 Å². The molecule has 5 nitrogen and oxygen atoms in total. The Morgan fingerprint density at radius 1 is 1.62 bits per heavy atom. The number of carbonyl (C=O) groups is 1. The van der Waals surface area contributed by atoms with Crippen LogP contribution < -0.4 is 11.5 Å². The Kier molecular flexibility index (Phi) is 2.89. The Balaban J connectivity index is 2.80. The second kappa shape index (κ2) is 3.93. The number of hydrogen-bond acceptors (Lipinski definition) is 3. The van der Waals surface area contributed by atoms with E-state index in [2.05, 4.69) is 17.1 Å². The molecule has 1 rings (SSSR count). The van der Waals surface area contributed by atoms with Gasteiger partial charge in [0.05, 0.1) is 11.4 Å². The van der Waals surface area contributed by atoms with Crippen LogP contribution in [0.15, 0.2) is 0 Å². The number of H-pyrrole nitrogens is 1. The van der Waals surface area contributed by atoms with Crippen LogP contribution in [-0.4, -0.2) is 16.1 Å². The number of aromatic nitrogens is 2. The van der Waals surface area contributed by atoms with Crippen molar-refractivity contribution in [3.05, 3.63) is 11.4 Å². The van der Waals surface area contributed by atoms with Crippen molar-refractivity contribution in [2.45, 2.75) is 26.2 Å². The average molecular weight is 182 g/mol. The van der Waals surface area contributed by atoms with E-state index in [4.69, 9.17) is 11.5 Å². The fraction of sp³-hybridized carbons (Fsp3) is 0.500. The van der Waals surface area contributed by atoms with Crippen LogP contribution >= 0.6 is 0 Å². The molecule has 0 aliphatic carbocycles. The minimum Gasteiger partial charge on any atom is -0.395 e. The maximum Gasteiger partial charge on any atom is 0.271 e. The molecule has 72 valence electrons. The van der Waals surface area contributed by atoms with E-state index in [0.717, 1.165) is 25.0 Å². The third kappa shape index (κ3) is 1.99. The summed E-state index contributed by atoms with van der Waals surface area (Å²) >= 11 is 0. The Bertz CT molecular complexity index is 305. The van der Waals surface area contributed by atoms with Crippen LogP contribution in [0, 0.1) is 0 Å². The van der Waals surface area contributed by atoms with Crippen molar-refractivity contribution in [1.82, 2.24) is 10.2 Å². The third-order valence-corrected chi connectivity index (χ3v) is 1.90. The molecule has 13 heavy (non-hydrogen) atoms. The summed E-state index contributed by atoms with van der Waals surface area (Å²) in [5.41, 5.74) is 12.0. The van der Waals surface area contributed by atoms with Crippen LogP contribution in [0.1, 0.15) is 35.9 Å². The molecule has 0 atom stereocenters. The van der Waals surface area contributed by atoms with Crippen molar-refractivity contribution in [3.63, 3.8) is 0 Å². The van der Waals surface area contributed by atoms with Crippen LogP contribution in [-0.2, 0) is 6.42 Å². The highest BCUT2D eigenvalue weighted by Gasteiger charge is 2.13. The van der Waals surface area contributed by atoms with Gasteiger partial charge in [-0.3, -0.25) is 9.89 Å². The molecular formula is C8H14N4O. The van der Waals surface area contributed by atoms with E-state index in [1.165, 1.54) is 0 Å². The van der Waals surface area contributed by atoms with Gasteiger partial charge in [-0.15, -0.1) is 0 Å². The maximum atomic E-state index is 10.8. The van der Waals surface area contributed by atoms with Crippen molar-refractivity contribution in [1.29, 1.82) is 0 Å². The lowest BCUT2D eigenvalue weighted by molar-refractivity contribution is 0.0996. The number of nitrogens with zero attached hydrogens (tertiary/aromatic N) is 1. The molecule has 0 unspecified atom stereocenters. The summed E-state index contributed by atoms with van der Waals surface area (Å²) in [4.78, 5) is 10.8. The van der Waals surface area contributed by atoms with Crippen LogP contribution in [0.25, 0.3) is 0 Å². The zero-order chi connectivity index (χ0) is 9.84. The van der Waals surface area contributed by atoms with E-state index in [0.29, 0.717) is 5.69 Å². The summed E-state index contributed by atoms with van der Waals surface area (Å²) in [5.74, 6) is -0.587. The molecule has 0 bridgehead atoms. The monoisotopic (exact) mass is 182 g/mol. The molecule has 1 amide bonds. The highest BCUT2D eigenvalue weighted by molar-refractivity contribution is 5.96. The molecular weight excluding hydrogens is 168 g/mol. The molecule has 1 aromatic heterocycles. The first-order chi connectivity index (χ1) is 6.16. The summed E-state index contributed by atoms with van der Waals surface area (Å²) in [6.45, 7) is 2.08. The van der Waals surface area contributed by atoms with E-state index in [1.807, 2.05) is 0 Å². The lowest BCUT2D eigenvalue weighted by Gasteiger charge is -1.96. The average Bonchev–Trinajstić information content (AvgIpc) is 2.43. The first kappa shape index (κ1) is 9.57. The molecule has 0 aliphatic heterocycles. The zero-order valence-electron chi connectivity index (χ0n) is 7.63. The summed E-state index contributed by atoms with van der Waals surface area (Å²) in [7, 11) is 0. The van der Waals surface area contributed by atoms with Crippen LogP contribution in [0.5, 0.6) is 0 Å². The van der Waals surface area contributed by atoms with Gasteiger partial charge < -0.3 is 11.5 Å². The van der Waals surface area contributed by atoms with Gasteiger partial charge in [-0.25, -0.2) is 0 Å². The summed E-state index contributed by atoms with van der Waals surface area (Å²) in [6, 6.07) is 0. The minimum atomic E-state index is -0.587. The Hall–Kier alpha value is -1.52. The smallest absolute Gasteiger partial charge is 0.271 e. The number of carbonyl (C=O) groups excluding carboxylic acids is 1. The highest BCUT2D eigenvalue weighted by Crippen LogP contribution is 2.15.